The summed E-state index contributed by atoms with van der Waals surface area (Å²) < 4.78 is 9.83. The summed E-state index contributed by atoms with van der Waals surface area (Å²) in [6.45, 7) is 7.11. The van der Waals surface area contributed by atoms with E-state index in [0.29, 0.717) is 16.0 Å². The van der Waals surface area contributed by atoms with Crippen LogP contribution in [0, 0.1) is 12.8 Å². The number of rotatable bonds is 6. The molecule has 1 saturated heterocycles. The Morgan fingerprint density at radius 2 is 1.85 bits per heavy atom. The standard InChI is InChI=1S/C31H33Cl2N5O2/c1-18-30(37(4)36-35-18)20-14-28-29(34-17-20)24-7-5-21(31(2,3)39)15-27(24)38(28)26(13-19-9-11-40-12-10-19)23-8-6-22(32)16-25(23)33/h5-8,14-17,19,26,39H,9-13H2,1-4H3. The number of ether oxygens (including phenoxy) is 1. The molecule has 3 aromatic heterocycles. The van der Waals surface area contributed by atoms with Crippen LogP contribution in [0.2, 0.25) is 10.0 Å². The summed E-state index contributed by atoms with van der Waals surface area (Å²) in [5.74, 6) is 0.468. The van der Waals surface area contributed by atoms with Crippen molar-refractivity contribution in [1.29, 1.82) is 0 Å². The minimum absolute atomic E-state index is 0.0901. The Morgan fingerprint density at radius 1 is 1.07 bits per heavy atom. The minimum atomic E-state index is -1.00. The van der Waals surface area contributed by atoms with Crippen LogP contribution >= 0.6 is 23.2 Å². The Labute approximate surface area is 243 Å². The largest absolute Gasteiger partial charge is 0.386 e. The van der Waals surface area contributed by atoms with E-state index in [0.717, 1.165) is 82.5 Å². The molecule has 208 valence electrons. The van der Waals surface area contributed by atoms with Crippen molar-refractivity contribution >= 4 is 45.1 Å². The van der Waals surface area contributed by atoms with Crippen LogP contribution in [0.1, 0.15) is 56.0 Å². The number of pyridine rings is 1. The highest BCUT2D eigenvalue weighted by Gasteiger charge is 2.29. The van der Waals surface area contributed by atoms with Crippen molar-refractivity contribution in [2.45, 2.75) is 51.7 Å². The predicted molar refractivity (Wildman–Crippen MR) is 160 cm³/mol. The molecule has 0 saturated carbocycles. The van der Waals surface area contributed by atoms with E-state index in [1.165, 1.54) is 0 Å². The van der Waals surface area contributed by atoms with E-state index in [1.807, 2.05) is 58.3 Å². The van der Waals surface area contributed by atoms with Crippen LogP contribution < -0.4 is 0 Å². The zero-order valence-electron chi connectivity index (χ0n) is 23.2. The fraction of sp³-hybridized carbons (Fsp3) is 0.387. The van der Waals surface area contributed by atoms with Crippen LogP contribution in [0.25, 0.3) is 33.2 Å². The normalized spacial score (nSPS) is 15.8. The van der Waals surface area contributed by atoms with Crippen LogP contribution in [0.4, 0.5) is 0 Å². The van der Waals surface area contributed by atoms with E-state index in [2.05, 4.69) is 33.1 Å². The van der Waals surface area contributed by atoms with E-state index in [-0.39, 0.29) is 6.04 Å². The van der Waals surface area contributed by atoms with Gasteiger partial charge < -0.3 is 14.4 Å². The molecule has 1 N–H and O–H groups in total. The van der Waals surface area contributed by atoms with Gasteiger partial charge in [-0.25, -0.2) is 4.68 Å². The average molecular weight is 579 g/mol. The Morgan fingerprint density at radius 3 is 2.52 bits per heavy atom. The summed E-state index contributed by atoms with van der Waals surface area (Å²) in [5, 5.41) is 21.7. The van der Waals surface area contributed by atoms with Crippen LogP contribution in [0.5, 0.6) is 0 Å². The first kappa shape index (κ1) is 27.2. The number of hydrogen-bond acceptors (Lipinski definition) is 5. The maximum absolute atomic E-state index is 10.9. The minimum Gasteiger partial charge on any atom is -0.386 e. The molecule has 6 rings (SSSR count). The molecular formula is C31H33Cl2N5O2. The summed E-state index contributed by atoms with van der Waals surface area (Å²) >= 11 is 13.3. The molecule has 1 atom stereocenters. The van der Waals surface area contributed by atoms with Crippen molar-refractivity contribution < 1.29 is 9.84 Å². The number of halogens is 2. The first-order valence-electron chi connectivity index (χ1n) is 13.7. The highest BCUT2D eigenvalue weighted by molar-refractivity contribution is 6.35. The molecule has 5 aromatic rings. The van der Waals surface area contributed by atoms with E-state index in [4.69, 9.17) is 32.9 Å². The van der Waals surface area contributed by atoms with Crippen molar-refractivity contribution in [3.05, 3.63) is 75.5 Å². The lowest BCUT2D eigenvalue weighted by molar-refractivity contribution is 0.0609. The summed E-state index contributed by atoms with van der Waals surface area (Å²) in [6, 6.07) is 14.0. The summed E-state index contributed by atoms with van der Waals surface area (Å²) in [4.78, 5) is 4.99. The molecular weight excluding hydrogens is 545 g/mol. The number of aromatic nitrogens is 5. The van der Waals surface area contributed by atoms with Gasteiger partial charge in [0.15, 0.2) is 0 Å². The number of benzene rings is 2. The van der Waals surface area contributed by atoms with Crippen molar-refractivity contribution in [2.75, 3.05) is 13.2 Å². The van der Waals surface area contributed by atoms with Crippen LogP contribution in [0.3, 0.4) is 0 Å². The smallest absolute Gasteiger partial charge is 0.0960 e. The van der Waals surface area contributed by atoms with Crippen molar-refractivity contribution in [2.24, 2.45) is 13.0 Å². The molecule has 0 amide bonds. The van der Waals surface area contributed by atoms with Crippen LogP contribution in [0.15, 0.2) is 48.7 Å². The maximum atomic E-state index is 10.9. The third kappa shape index (κ3) is 4.90. The fourth-order valence-electron chi connectivity index (χ4n) is 6.05. The molecule has 2 aromatic carbocycles. The SMILES string of the molecule is Cc1nnn(C)c1-c1cnc2c3ccc(C(C)(C)O)cc3n(C(CC3CCOCC3)c3ccc(Cl)cc3Cl)c2c1. The molecule has 7 nitrogen and oxygen atoms in total. The molecule has 1 unspecified atom stereocenters. The van der Waals surface area contributed by atoms with Gasteiger partial charge in [-0.05, 0) is 81.3 Å². The van der Waals surface area contributed by atoms with Crippen molar-refractivity contribution in [3.63, 3.8) is 0 Å². The van der Waals surface area contributed by atoms with Gasteiger partial charge in [0.2, 0.25) is 0 Å². The topological polar surface area (TPSA) is 78.0 Å². The molecule has 0 aliphatic carbocycles. The second-order valence-corrected chi connectivity index (χ2v) is 12.2. The molecule has 1 fully saturated rings. The Bertz CT molecular complexity index is 1690. The van der Waals surface area contributed by atoms with E-state index in [9.17, 15) is 5.11 Å². The van der Waals surface area contributed by atoms with Gasteiger partial charge in [-0.1, -0.05) is 46.6 Å². The Balaban J connectivity index is 1.67. The molecule has 0 spiro atoms. The van der Waals surface area contributed by atoms with Crippen molar-refractivity contribution in [3.8, 4) is 11.3 Å². The number of fused-ring (bicyclic) bond motifs is 3. The summed E-state index contributed by atoms with van der Waals surface area (Å²) in [6.07, 6.45) is 4.77. The number of nitrogens with zero attached hydrogens (tertiary/aromatic N) is 5. The van der Waals surface area contributed by atoms with Gasteiger partial charge in [0, 0.05) is 47.5 Å². The van der Waals surface area contributed by atoms with Crippen LogP contribution in [-0.2, 0) is 17.4 Å². The lowest BCUT2D eigenvalue weighted by Crippen LogP contribution is -2.22. The number of aliphatic hydroxyl groups is 1. The first-order valence-corrected chi connectivity index (χ1v) is 14.4. The second-order valence-electron chi connectivity index (χ2n) is 11.4. The Kier molecular flexibility index (Phi) is 7.11. The van der Waals surface area contributed by atoms with Gasteiger partial charge >= 0.3 is 0 Å². The fourth-order valence-corrected chi connectivity index (χ4v) is 6.58. The predicted octanol–water partition coefficient (Wildman–Crippen LogP) is 7.23. The quantitative estimate of drug-likeness (QED) is 0.230. The molecule has 1 aliphatic heterocycles. The zero-order chi connectivity index (χ0) is 28.2. The van der Waals surface area contributed by atoms with E-state index >= 15 is 0 Å². The molecule has 4 heterocycles. The zero-order valence-corrected chi connectivity index (χ0v) is 24.7. The van der Waals surface area contributed by atoms with Gasteiger partial charge in [0.25, 0.3) is 0 Å². The second kappa shape index (κ2) is 10.5. The number of aryl methyl sites for hydroxylation is 2. The lowest BCUT2D eigenvalue weighted by atomic mass is 9.89. The molecule has 1 aliphatic rings. The van der Waals surface area contributed by atoms with Gasteiger partial charge in [-0.15, -0.1) is 5.10 Å². The van der Waals surface area contributed by atoms with E-state index in [1.54, 1.807) is 4.68 Å². The highest BCUT2D eigenvalue weighted by Crippen LogP contribution is 2.42. The van der Waals surface area contributed by atoms with Gasteiger partial charge in [0.1, 0.15) is 0 Å². The lowest BCUT2D eigenvalue weighted by Gasteiger charge is -2.30. The third-order valence-electron chi connectivity index (χ3n) is 8.15. The third-order valence-corrected chi connectivity index (χ3v) is 8.71. The van der Waals surface area contributed by atoms with Crippen LogP contribution in [-0.4, -0.2) is 42.9 Å². The van der Waals surface area contributed by atoms with Crippen molar-refractivity contribution in [1.82, 2.24) is 24.5 Å². The maximum Gasteiger partial charge on any atom is 0.0960 e. The molecule has 9 heteroatoms. The van der Waals surface area contributed by atoms with E-state index < -0.39 is 5.60 Å². The number of hydrogen-bond donors (Lipinski definition) is 1. The first-order chi connectivity index (χ1) is 19.1. The van der Waals surface area contributed by atoms with Gasteiger partial charge in [-0.2, -0.15) is 0 Å². The molecule has 0 bridgehead atoms. The van der Waals surface area contributed by atoms with Gasteiger partial charge in [0.05, 0.1) is 39.6 Å². The van der Waals surface area contributed by atoms with Gasteiger partial charge in [-0.3, -0.25) is 4.98 Å². The monoisotopic (exact) mass is 577 g/mol. The molecule has 40 heavy (non-hydrogen) atoms. The summed E-state index contributed by atoms with van der Waals surface area (Å²) in [7, 11) is 1.89. The summed E-state index contributed by atoms with van der Waals surface area (Å²) in [5.41, 5.74) is 6.44. The Hall–Kier alpha value is -2.97. The molecule has 0 radical (unpaired) electrons. The average Bonchev–Trinajstić information content (AvgIpc) is 3.42. The highest BCUT2D eigenvalue weighted by atomic mass is 35.5.